The van der Waals surface area contributed by atoms with Crippen molar-refractivity contribution >= 4 is 22.9 Å². The number of fused-ring (bicyclic) bond motifs is 1. The zero-order valence-corrected chi connectivity index (χ0v) is 16.3. The lowest BCUT2D eigenvalue weighted by Gasteiger charge is -2.10. The molecule has 3 aromatic carbocycles. The molecule has 6 nitrogen and oxygen atoms in total. The summed E-state index contributed by atoms with van der Waals surface area (Å²) in [5.74, 6) is 0.472. The number of rotatable bonds is 7. The van der Waals surface area contributed by atoms with E-state index in [9.17, 15) is 9.90 Å². The minimum absolute atomic E-state index is 0.0643. The molecule has 3 rings (SSSR count). The average molecular weight is 390 g/mol. The highest BCUT2D eigenvalue weighted by molar-refractivity contribution is 6.02. The van der Waals surface area contributed by atoms with Gasteiger partial charge < -0.3 is 14.6 Å². The van der Waals surface area contributed by atoms with Crippen molar-refractivity contribution in [1.82, 2.24) is 5.43 Å². The van der Waals surface area contributed by atoms with Crippen molar-refractivity contribution < 1.29 is 19.4 Å². The Kier molecular flexibility index (Phi) is 6.14. The third-order valence-corrected chi connectivity index (χ3v) is 4.45. The van der Waals surface area contributed by atoms with Gasteiger partial charge in [-0.2, -0.15) is 5.10 Å². The SMILES string of the molecule is C=CCc1cc(C=NNC(=O)c2cc3ccccc3cc2OC)cc(OC)c1O. The standard InChI is InChI=1S/C23H22N2O4/c1-4-7-18-10-15(11-21(29-3)22(18)26)14-24-25-23(27)19-12-16-8-5-6-9-17(16)13-20(19)28-2/h4-6,8-14,26H,1,7H2,2-3H3,(H,25,27). The summed E-state index contributed by atoms with van der Waals surface area (Å²) in [5.41, 5.74) is 4.23. The Morgan fingerprint density at radius 3 is 2.45 bits per heavy atom. The van der Waals surface area contributed by atoms with E-state index >= 15 is 0 Å². The maximum absolute atomic E-state index is 12.6. The number of phenolic OH excluding ortho intramolecular Hbond substituents is 1. The predicted octanol–water partition coefficient (Wildman–Crippen LogP) is 4.06. The first-order valence-corrected chi connectivity index (χ1v) is 8.98. The van der Waals surface area contributed by atoms with Crippen LogP contribution in [0.5, 0.6) is 17.2 Å². The van der Waals surface area contributed by atoms with Crippen LogP contribution in [0.3, 0.4) is 0 Å². The van der Waals surface area contributed by atoms with Crippen molar-refractivity contribution in [2.24, 2.45) is 5.10 Å². The highest BCUT2D eigenvalue weighted by Gasteiger charge is 2.13. The number of methoxy groups -OCH3 is 2. The van der Waals surface area contributed by atoms with Crippen LogP contribution in [0.25, 0.3) is 10.8 Å². The van der Waals surface area contributed by atoms with Gasteiger partial charge in [-0.05, 0) is 47.0 Å². The fraction of sp³-hybridized carbons (Fsp3) is 0.130. The lowest BCUT2D eigenvalue weighted by atomic mass is 10.1. The number of carbonyl (C=O) groups excluding carboxylic acids is 1. The molecule has 0 atom stereocenters. The summed E-state index contributed by atoms with van der Waals surface area (Å²) < 4.78 is 10.5. The van der Waals surface area contributed by atoms with Gasteiger partial charge in [0, 0.05) is 5.56 Å². The van der Waals surface area contributed by atoms with E-state index < -0.39 is 0 Å². The van der Waals surface area contributed by atoms with Gasteiger partial charge in [0.15, 0.2) is 11.5 Å². The Labute approximate surface area is 169 Å². The number of hydrogen-bond donors (Lipinski definition) is 2. The molecule has 6 heteroatoms. The minimum atomic E-state index is -0.388. The molecule has 0 aliphatic heterocycles. The van der Waals surface area contributed by atoms with E-state index in [1.165, 1.54) is 20.4 Å². The highest BCUT2D eigenvalue weighted by Crippen LogP contribution is 2.31. The number of benzene rings is 3. The van der Waals surface area contributed by atoms with Crippen molar-refractivity contribution in [2.75, 3.05) is 14.2 Å². The number of amides is 1. The molecule has 0 bridgehead atoms. The Morgan fingerprint density at radius 1 is 1.10 bits per heavy atom. The van der Waals surface area contributed by atoms with Crippen LogP contribution in [-0.4, -0.2) is 31.4 Å². The molecule has 0 aliphatic carbocycles. The Balaban J connectivity index is 1.84. The molecule has 0 saturated carbocycles. The molecular weight excluding hydrogens is 368 g/mol. The topological polar surface area (TPSA) is 80.2 Å². The normalized spacial score (nSPS) is 10.8. The predicted molar refractivity (Wildman–Crippen MR) is 114 cm³/mol. The van der Waals surface area contributed by atoms with E-state index in [-0.39, 0.29) is 11.7 Å². The van der Waals surface area contributed by atoms with Gasteiger partial charge in [0.2, 0.25) is 0 Å². The van der Waals surface area contributed by atoms with Gasteiger partial charge in [-0.3, -0.25) is 4.79 Å². The number of hydrogen-bond acceptors (Lipinski definition) is 5. The molecule has 0 heterocycles. The van der Waals surface area contributed by atoms with E-state index in [1.54, 1.807) is 24.3 Å². The molecule has 0 spiro atoms. The van der Waals surface area contributed by atoms with Crippen LogP contribution in [0.4, 0.5) is 0 Å². The number of nitrogens with zero attached hydrogens (tertiary/aromatic N) is 1. The first-order valence-electron chi connectivity index (χ1n) is 8.98. The van der Waals surface area contributed by atoms with E-state index in [2.05, 4.69) is 17.1 Å². The van der Waals surface area contributed by atoms with E-state index in [4.69, 9.17) is 9.47 Å². The smallest absolute Gasteiger partial charge is 0.275 e. The largest absolute Gasteiger partial charge is 0.504 e. The molecule has 0 unspecified atom stereocenters. The molecule has 3 aromatic rings. The lowest BCUT2D eigenvalue weighted by molar-refractivity contribution is 0.0952. The van der Waals surface area contributed by atoms with Crippen molar-refractivity contribution in [3.8, 4) is 17.2 Å². The summed E-state index contributed by atoms with van der Waals surface area (Å²) in [7, 11) is 3.00. The molecule has 0 radical (unpaired) electrons. The molecule has 148 valence electrons. The molecule has 0 aromatic heterocycles. The zero-order valence-electron chi connectivity index (χ0n) is 16.3. The van der Waals surface area contributed by atoms with E-state index in [1.807, 2.05) is 30.3 Å². The van der Waals surface area contributed by atoms with Crippen LogP contribution < -0.4 is 14.9 Å². The number of hydrazone groups is 1. The molecule has 0 saturated heterocycles. The number of phenols is 1. The van der Waals surface area contributed by atoms with Crippen molar-refractivity contribution in [3.63, 3.8) is 0 Å². The van der Waals surface area contributed by atoms with Gasteiger partial charge in [0.1, 0.15) is 5.75 Å². The second-order valence-corrected chi connectivity index (χ2v) is 6.32. The fourth-order valence-electron chi connectivity index (χ4n) is 3.02. The van der Waals surface area contributed by atoms with Crippen LogP contribution in [0, 0.1) is 0 Å². The van der Waals surface area contributed by atoms with Crippen molar-refractivity contribution in [3.05, 3.63) is 77.9 Å². The summed E-state index contributed by atoms with van der Waals surface area (Å²) in [6, 6.07) is 14.7. The molecule has 0 aliphatic rings. The third-order valence-electron chi connectivity index (χ3n) is 4.45. The summed E-state index contributed by atoms with van der Waals surface area (Å²) in [6.45, 7) is 3.68. The zero-order chi connectivity index (χ0) is 20.8. The maximum Gasteiger partial charge on any atom is 0.275 e. The highest BCUT2D eigenvalue weighted by atomic mass is 16.5. The van der Waals surface area contributed by atoms with Crippen molar-refractivity contribution in [1.29, 1.82) is 0 Å². The molecule has 29 heavy (non-hydrogen) atoms. The summed E-state index contributed by atoms with van der Waals surface area (Å²) >= 11 is 0. The number of aromatic hydroxyl groups is 1. The van der Waals surface area contributed by atoms with Gasteiger partial charge in [0.25, 0.3) is 5.91 Å². The van der Waals surface area contributed by atoms with Gasteiger partial charge >= 0.3 is 0 Å². The van der Waals surface area contributed by atoms with Crippen molar-refractivity contribution in [2.45, 2.75) is 6.42 Å². The fourth-order valence-corrected chi connectivity index (χ4v) is 3.02. The summed E-state index contributed by atoms with van der Waals surface area (Å²) in [4.78, 5) is 12.6. The van der Waals surface area contributed by atoms with Crippen LogP contribution in [0.15, 0.2) is 66.3 Å². The first kappa shape index (κ1) is 19.9. The van der Waals surface area contributed by atoms with Crippen LogP contribution >= 0.6 is 0 Å². The van der Waals surface area contributed by atoms with Gasteiger partial charge in [-0.1, -0.05) is 30.3 Å². The Hall–Kier alpha value is -3.80. The molecular formula is C23H22N2O4. The van der Waals surface area contributed by atoms with Crippen LogP contribution in [-0.2, 0) is 6.42 Å². The van der Waals surface area contributed by atoms with Gasteiger partial charge in [-0.15, -0.1) is 6.58 Å². The molecule has 2 N–H and O–H groups in total. The van der Waals surface area contributed by atoms with Gasteiger partial charge in [-0.25, -0.2) is 5.43 Å². The number of ether oxygens (including phenoxy) is 2. The first-order chi connectivity index (χ1) is 14.1. The summed E-state index contributed by atoms with van der Waals surface area (Å²) in [5, 5.41) is 16.1. The monoisotopic (exact) mass is 390 g/mol. The van der Waals surface area contributed by atoms with Crippen LogP contribution in [0.2, 0.25) is 0 Å². The summed E-state index contributed by atoms with van der Waals surface area (Å²) in [6.07, 6.45) is 3.65. The van der Waals surface area contributed by atoms with Gasteiger partial charge in [0.05, 0.1) is 26.0 Å². The lowest BCUT2D eigenvalue weighted by Crippen LogP contribution is -2.18. The van der Waals surface area contributed by atoms with E-state index in [0.717, 1.165) is 10.8 Å². The molecule has 0 fully saturated rings. The molecule has 1 amide bonds. The Bertz CT molecular complexity index is 1090. The minimum Gasteiger partial charge on any atom is -0.504 e. The number of carbonyl (C=O) groups is 1. The number of nitrogens with one attached hydrogen (secondary N) is 1. The average Bonchev–Trinajstić information content (AvgIpc) is 2.74. The Morgan fingerprint density at radius 2 is 1.79 bits per heavy atom. The quantitative estimate of drug-likeness (QED) is 0.362. The third kappa shape index (κ3) is 4.38. The van der Waals surface area contributed by atoms with Crippen LogP contribution in [0.1, 0.15) is 21.5 Å². The number of allylic oxidation sites excluding steroid dienone is 1. The second-order valence-electron chi connectivity index (χ2n) is 6.32. The second kappa shape index (κ2) is 8.93. The maximum atomic E-state index is 12.6. The van der Waals surface area contributed by atoms with E-state index in [0.29, 0.717) is 34.6 Å².